The molecule has 0 aromatic heterocycles. The summed E-state index contributed by atoms with van der Waals surface area (Å²) in [6.07, 6.45) is 25.1. The Morgan fingerprint density at radius 1 is 0.560 bits per heavy atom. The summed E-state index contributed by atoms with van der Waals surface area (Å²) < 4.78 is 1.43. The van der Waals surface area contributed by atoms with Crippen molar-refractivity contribution in [2.24, 2.45) is 0 Å². The summed E-state index contributed by atoms with van der Waals surface area (Å²) in [5.41, 5.74) is 0. The predicted octanol–water partition coefficient (Wildman–Crippen LogP) is 7.88. The van der Waals surface area contributed by atoms with Gasteiger partial charge in [-0.1, -0.05) is 77.6 Å². The quantitative estimate of drug-likeness (QED) is 0.196. The molecule has 0 bridgehead atoms. The monoisotopic (exact) mass is 352 g/mol. The van der Waals surface area contributed by atoms with Crippen molar-refractivity contribution in [1.29, 1.82) is 0 Å². The number of hydrogen-bond acceptors (Lipinski definition) is 0. The summed E-state index contributed by atoms with van der Waals surface area (Å²) in [5, 5.41) is 0. The van der Waals surface area contributed by atoms with Crippen LogP contribution in [0.3, 0.4) is 0 Å². The molecule has 0 radical (unpaired) electrons. The van der Waals surface area contributed by atoms with Crippen molar-refractivity contribution in [3.05, 3.63) is 0 Å². The Morgan fingerprint density at radius 2 is 1.00 bits per heavy atom. The van der Waals surface area contributed by atoms with Gasteiger partial charge in [-0.25, -0.2) is 0 Å². The van der Waals surface area contributed by atoms with Gasteiger partial charge in [-0.15, -0.1) is 0 Å². The van der Waals surface area contributed by atoms with Crippen LogP contribution in [-0.4, -0.2) is 30.2 Å². The Kier molecular flexibility index (Phi) is 13.9. The second kappa shape index (κ2) is 15.1. The van der Waals surface area contributed by atoms with E-state index >= 15 is 0 Å². The Morgan fingerprint density at radius 3 is 1.44 bits per heavy atom. The van der Waals surface area contributed by atoms with E-state index < -0.39 is 0 Å². The molecule has 1 aliphatic rings. The molecule has 0 saturated heterocycles. The molecule has 1 fully saturated rings. The third-order valence-corrected chi connectivity index (χ3v) is 7.07. The van der Waals surface area contributed by atoms with Gasteiger partial charge >= 0.3 is 0 Å². The second-order valence-electron chi connectivity index (χ2n) is 8.76. The van der Waals surface area contributed by atoms with Crippen LogP contribution >= 0.6 is 0 Å². The zero-order chi connectivity index (χ0) is 18.2. The van der Waals surface area contributed by atoms with E-state index in [-0.39, 0.29) is 0 Å². The molecule has 1 nitrogen and oxygen atoms in total. The maximum atomic E-state index is 2.44. The summed E-state index contributed by atoms with van der Waals surface area (Å²) in [6, 6.07) is 0.983. The van der Waals surface area contributed by atoms with Gasteiger partial charge < -0.3 is 4.48 Å². The molecule has 0 aromatic carbocycles. The smallest absolute Gasteiger partial charge is 0.0890 e. The fourth-order valence-corrected chi connectivity index (χ4v) is 5.14. The third kappa shape index (κ3) is 9.45. The second-order valence-corrected chi connectivity index (χ2v) is 8.76. The van der Waals surface area contributed by atoms with Gasteiger partial charge in [-0.3, -0.25) is 0 Å². The van der Waals surface area contributed by atoms with Gasteiger partial charge in [0.1, 0.15) is 0 Å². The van der Waals surface area contributed by atoms with E-state index in [1.807, 2.05) is 0 Å². The van der Waals surface area contributed by atoms with Gasteiger partial charge in [0.05, 0.1) is 25.7 Å². The molecule has 0 heterocycles. The maximum absolute atomic E-state index is 2.44. The largest absolute Gasteiger partial charge is 0.322 e. The van der Waals surface area contributed by atoms with Crippen molar-refractivity contribution in [2.45, 2.75) is 136 Å². The Balaban J connectivity index is 2.03. The van der Waals surface area contributed by atoms with Crippen molar-refractivity contribution in [3.8, 4) is 0 Å². The first kappa shape index (κ1) is 23.0. The van der Waals surface area contributed by atoms with E-state index in [9.17, 15) is 0 Å². The molecule has 0 amide bonds. The number of nitrogens with zero attached hydrogens (tertiary/aromatic N) is 1. The molecule has 1 heteroatoms. The summed E-state index contributed by atoms with van der Waals surface area (Å²) in [6.45, 7) is 11.4. The van der Waals surface area contributed by atoms with Gasteiger partial charge in [0.25, 0.3) is 0 Å². The van der Waals surface area contributed by atoms with Crippen LogP contribution in [0, 0.1) is 0 Å². The molecule has 1 aliphatic carbocycles. The summed E-state index contributed by atoms with van der Waals surface area (Å²) in [7, 11) is 0. The van der Waals surface area contributed by atoms with E-state index in [1.165, 1.54) is 133 Å². The highest BCUT2D eigenvalue weighted by atomic mass is 15.4. The standard InChI is InChI=1S/C24H50N/c1-4-7-8-9-10-11-12-13-14-15-16-20-23-25(5-2,6-3)24-21-18-17-19-22-24/h24H,4-23H2,1-3H3/q+1. The average Bonchev–Trinajstić information content (AvgIpc) is 2.67. The molecule has 1 saturated carbocycles. The predicted molar refractivity (Wildman–Crippen MR) is 114 cm³/mol. The Labute approximate surface area is 160 Å². The van der Waals surface area contributed by atoms with Crippen LogP contribution in [-0.2, 0) is 0 Å². The number of unbranched alkanes of at least 4 members (excludes halogenated alkanes) is 11. The molecular weight excluding hydrogens is 302 g/mol. The number of rotatable bonds is 16. The van der Waals surface area contributed by atoms with Crippen LogP contribution in [0.5, 0.6) is 0 Å². The highest BCUT2D eigenvalue weighted by Gasteiger charge is 2.34. The number of hydrogen-bond donors (Lipinski definition) is 0. The van der Waals surface area contributed by atoms with Gasteiger partial charge in [0.15, 0.2) is 0 Å². The van der Waals surface area contributed by atoms with E-state index in [0.717, 1.165) is 6.04 Å². The van der Waals surface area contributed by atoms with Gasteiger partial charge in [0.2, 0.25) is 0 Å². The lowest BCUT2D eigenvalue weighted by Gasteiger charge is -2.45. The average molecular weight is 353 g/mol. The van der Waals surface area contributed by atoms with Crippen LogP contribution in [0.15, 0.2) is 0 Å². The minimum absolute atomic E-state index is 0.983. The third-order valence-electron chi connectivity index (χ3n) is 7.07. The van der Waals surface area contributed by atoms with Gasteiger partial charge in [-0.05, 0) is 52.4 Å². The number of quaternary nitrogens is 1. The SMILES string of the molecule is CCCCCCCCCCCCCC[N+](CC)(CC)C1CCCCC1. The van der Waals surface area contributed by atoms with Gasteiger partial charge in [0, 0.05) is 0 Å². The molecule has 0 atom stereocenters. The fraction of sp³-hybridized carbons (Fsp3) is 1.00. The van der Waals surface area contributed by atoms with E-state index in [2.05, 4.69) is 20.8 Å². The molecule has 25 heavy (non-hydrogen) atoms. The maximum Gasteiger partial charge on any atom is 0.0890 e. The molecule has 0 aromatic rings. The van der Waals surface area contributed by atoms with Crippen molar-refractivity contribution in [1.82, 2.24) is 0 Å². The van der Waals surface area contributed by atoms with Crippen molar-refractivity contribution < 1.29 is 4.48 Å². The summed E-state index contributed by atoms with van der Waals surface area (Å²) >= 11 is 0. The Hall–Kier alpha value is -0.0400. The lowest BCUT2D eigenvalue weighted by atomic mass is 9.91. The Bertz CT molecular complexity index is 276. The van der Waals surface area contributed by atoms with Crippen molar-refractivity contribution in [3.63, 3.8) is 0 Å². The minimum Gasteiger partial charge on any atom is -0.322 e. The zero-order valence-corrected chi connectivity index (χ0v) is 18.2. The molecule has 0 spiro atoms. The fourth-order valence-electron chi connectivity index (χ4n) is 5.14. The van der Waals surface area contributed by atoms with Crippen molar-refractivity contribution >= 4 is 0 Å². The first-order valence-corrected chi connectivity index (χ1v) is 12.1. The van der Waals surface area contributed by atoms with Crippen molar-refractivity contribution in [2.75, 3.05) is 19.6 Å². The lowest BCUT2D eigenvalue weighted by molar-refractivity contribution is -0.949. The zero-order valence-electron chi connectivity index (χ0n) is 18.2. The molecule has 150 valence electrons. The minimum atomic E-state index is 0.983. The summed E-state index contributed by atoms with van der Waals surface area (Å²) in [5.74, 6) is 0. The van der Waals surface area contributed by atoms with Crippen LogP contribution < -0.4 is 0 Å². The molecule has 0 unspecified atom stereocenters. The first-order valence-electron chi connectivity index (χ1n) is 12.1. The van der Waals surface area contributed by atoms with Crippen LogP contribution in [0.2, 0.25) is 0 Å². The lowest BCUT2D eigenvalue weighted by Crippen LogP contribution is -2.56. The molecule has 1 rings (SSSR count). The van der Waals surface area contributed by atoms with E-state index in [0.29, 0.717) is 0 Å². The first-order chi connectivity index (χ1) is 12.3. The molecular formula is C24H50N+. The normalized spacial score (nSPS) is 16.4. The van der Waals surface area contributed by atoms with E-state index in [1.54, 1.807) is 0 Å². The summed E-state index contributed by atoms with van der Waals surface area (Å²) in [4.78, 5) is 0. The van der Waals surface area contributed by atoms with E-state index in [4.69, 9.17) is 0 Å². The van der Waals surface area contributed by atoms with Crippen LogP contribution in [0.1, 0.15) is 130 Å². The topological polar surface area (TPSA) is 0 Å². The highest BCUT2D eigenvalue weighted by Crippen LogP contribution is 2.29. The highest BCUT2D eigenvalue weighted by molar-refractivity contribution is 4.67. The van der Waals surface area contributed by atoms with Crippen LogP contribution in [0.25, 0.3) is 0 Å². The van der Waals surface area contributed by atoms with Crippen LogP contribution in [0.4, 0.5) is 0 Å². The molecule has 0 N–H and O–H groups in total. The molecule has 0 aliphatic heterocycles. The van der Waals surface area contributed by atoms with Gasteiger partial charge in [-0.2, -0.15) is 0 Å².